The molecule has 8 heteroatoms. The molecule has 1 saturated heterocycles. The summed E-state index contributed by atoms with van der Waals surface area (Å²) < 4.78 is 23.0. The third-order valence-electron chi connectivity index (χ3n) is 6.66. The highest BCUT2D eigenvalue weighted by Crippen LogP contribution is 2.43. The Bertz CT molecular complexity index is 1380. The fourth-order valence-electron chi connectivity index (χ4n) is 4.98. The molecule has 5 rings (SSSR count). The zero-order valence-electron chi connectivity index (χ0n) is 21.7. The van der Waals surface area contributed by atoms with Gasteiger partial charge in [0.25, 0.3) is 11.7 Å². The first-order valence-corrected chi connectivity index (χ1v) is 12.9. The van der Waals surface area contributed by atoms with Crippen LogP contribution in [0.2, 0.25) is 0 Å². The van der Waals surface area contributed by atoms with Gasteiger partial charge in [-0.2, -0.15) is 0 Å². The van der Waals surface area contributed by atoms with E-state index in [0.717, 1.165) is 17.7 Å². The fraction of sp³-hybridized carbons (Fsp3) is 0.333. The van der Waals surface area contributed by atoms with Crippen molar-refractivity contribution >= 4 is 17.4 Å². The highest BCUT2D eigenvalue weighted by molar-refractivity contribution is 6.46. The number of furan rings is 1. The monoisotopic (exact) mass is 517 g/mol. The molecule has 1 fully saturated rings. The van der Waals surface area contributed by atoms with Crippen LogP contribution in [0.5, 0.6) is 17.2 Å². The van der Waals surface area contributed by atoms with Crippen LogP contribution in [0.3, 0.4) is 0 Å². The minimum Gasteiger partial charge on any atom is -0.507 e. The molecule has 1 amide bonds. The summed E-state index contributed by atoms with van der Waals surface area (Å²) >= 11 is 0. The van der Waals surface area contributed by atoms with E-state index >= 15 is 0 Å². The van der Waals surface area contributed by atoms with E-state index < -0.39 is 17.7 Å². The molecule has 38 heavy (non-hydrogen) atoms. The SMILES string of the molecule is CCCOc1ccc([C@H]2C(=C(O)c3ccc4c(c3)C[C@@H](C)O4)C(=O)C(=O)N2Cc2ccco2)cc1OCC. The number of rotatable bonds is 9. The number of benzene rings is 2. The van der Waals surface area contributed by atoms with Crippen LogP contribution in [0.15, 0.2) is 64.8 Å². The van der Waals surface area contributed by atoms with Crippen molar-refractivity contribution in [2.45, 2.75) is 52.3 Å². The van der Waals surface area contributed by atoms with Crippen molar-refractivity contribution in [3.05, 3.63) is 82.8 Å². The van der Waals surface area contributed by atoms with E-state index in [0.29, 0.717) is 48.0 Å². The highest BCUT2D eigenvalue weighted by Gasteiger charge is 2.46. The number of Topliss-reactive ketones (excluding diaryl/α,β-unsaturated/α-hetero) is 1. The summed E-state index contributed by atoms with van der Waals surface area (Å²) in [5.74, 6) is 0.658. The quantitative estimate of drug-likeness (QED) is 0.230. The number of hydrogen-bond acceptors (Lipinski definition) is 7. The topological polar surface area (TPSA) is 98.4 Å². The third kappa shape index (κ3) is 4.74. The molecule has 0 unspecified atom stereocenters. The summed E-state index contributed by atoms with van der Waals surface area (Å²) in [7, 11) is 0. The minimum absolute atomic E-state index is 0.0122. The lowest BCUT2D eigenvalue weighted by Crippen LogP contribution is -2.29. The second-order valence-electron chi connectivity index (χ2n) is 9.45. The van der Waals surface area contributed by atoms with Crippen LogP contribution in [-0.4, -0.2) is 41.0 Å². The number of likely N-dealkylation sites (tertiary alicyclic amines) is 1. The molecule has 2 aromatic carbocycles. The van der Waals surface area contributed by atoms with Gasteiger partial charge in [-0.15, -0.1) is 0 Å². The number of carbonyl (C=O) groups is 2. The Morgan fingerprint density at radius 1 is 1.08 bits per heavy atom. The molecule has 3 heterocycles. The zero-order valence-corrected chi connectivity index (χ0v) is 21.7. The smallest absolute Gasteiger partial charge is 0.296 e. The maximum atomic E-state index is 13.4. The number of carbonyl (C=O) groups excluding carboxylic acids is 2. The van der Waals surface area contributed by atoms with E-state index in [1.54, 1.807) is 42.5 Å². The van der Waals surface area contributed by atoms with Gasteiger partial charge in [-0.1, -0.05) is 13.0 Å². The Labute approximate surface area is 221 Å². The van der Waals surface area contributed by atoms with E-state index in [4.69, 9.17) is 18.6 Å². The van der Waals surface area contributed by atoms with Crippen molar-refractivity contribution in [2.24, 2.45) is 0 Å². The van der Waals surface area contributed by atoms with Gasteiger partial charge in [-0.25, -0.2) is 0 Å². The van der Waals surface area contributed by atoms with Crippen LogP contribution in [0.4, 0.5) is 0 Å². The first-order chi connectivity index (χ1) is 18.4. The predicted octanol–water partition coefficient (Wildman–Crippen LogP) is 5.41. The molecule has 0 spiro atoms. The molecular weight excluding hydrogens is 486 g/mol. The van der Waals surface area contributed by atoms with Gasteiger partial charge in [-0.3, -0.25) is 9.59 Å². The molecule has 0 saturated carbocycles. The van der Waals surface area contributed by atoms with Crippen molar-refractivity contribution in [3.8, 4) is 17.2 Å². The van der Waals surface area contributed by atoms with Crippen LogP contribution in [-0.2, 0) is 22.6 Å². The van der Waals surface area contributed by atoms with Gasteiger partial charge in [0.2, 0.25) is 0 Å². The number of ketones is 1. The number of fused-ring (bicyclic) bond motifs is 1. The number of aliphatic hydroxyl groups excluding tert-OH is 1. The van der Waals surface area contributed by atoms with Crippen molar-refractivity contribution in [1.82, 2.24) is 4.90 Å². The van der Waals surface area contributed by atoms with Gasteiger partial charge in [0.1, 0.15) is 23.4 Å². The van der Waals surface area contributed by atoms with E-state index in [2.05, 4.69) is 0 Å². The second kappa shape index (κ2) is 10.7. The minimum atomic E-state index is -0.858. The number of amides is 1. The lowest BCUT2D eigenvalue weighted by Gasteiger charge is -2.25. The molecule has 1 aromatic heterocycles. The molecule has 8 nitrogen and oxygen atoms in total. The Kier molecular flexibility index (Phi) is 7.13. The molecule has 2 aliphatic heterocycles. The largest absolute Gasteiger partial charge is 0.507 e. The van der Waals surface area contributed by atoms with Gasteiger partial charge in [0, 0.05) is 12.0 Å². The molecular formula is C30H31NO7. The highest BCUT2D eigenvalue weighted by atomic mass is 16.5. The maximum Gasteiger partial charge on any atom is 0.296 e. The van der Waals surface area contributed by atoms with E-state index in [1.165, 1.54) is 11.2 Å². The van der Waals surface area contributed by atoms with E-state index in [1.807, 2.05) is 26.8 Å². The normalized spacial score (nSPS) is 19.9. The van der Waals surface area contributed by atoms with Crippen molar-refractivity contribution < 1.29 is 33.3 Å². The Balaban J connectivity index is 1.63. The summed E-state index contributed by atoms with van der Waals surface area (Å²) in [6, 6.07) is 13.3. The van der Waals surface area contributed by atoms with Crippen molar-refractivity contribution in [3.63, 3.8) is 0 Å². The van der Waals surface area contributed by atoms with Crippen LogP contribution >= 0.6 is 0 Å². The third-order valence-corrected chi connectivity index (χ3v) is 6.66. The summed E-state index contributed by atoms with van der Waals surface area (Å²) in [5, 5.41) is 11.5. The molecule has 2 aliphatic rings. The van der Waals surface area contributed by atoms with Gasteiger partial charge in [0.15, 0.2) is 11.5 Å². The molecule has 0 bridgehead atoms. The summed E-state index contributed by atoms with van der Waals surface area (Å²) in [4.78, 5) is 28.2. The van der Waals surface area contributed by atoms with Gasteiger partial charge >= 0.3 is 0 Å². The standard InChI is InChI=1S/C30H31NO7/c1-4-12-37-24-11-8-19(16-25(24)35-5-2)27-26(29(33)30(34)31(27)17-22-7-6-13-36-22)28(32)20-9-10-23-21(15-20)14-18(3)38-23/h6-11,13,15-16,18,27,32H,4-5,12,14,17H2,1-3H3/t18-,27+/m1/s1. The zero-order chi connectivity index (χ0) is 26.8. The van der Waals surface area contributed by atoms with Gasteiger partial charge in [0.05, 0.1) is 37.6 Å². The second-order valence-corrected chi connectivity index (χ2v) is 9.45. The van der Waals surface area contributed by atoms with Crippen molar-refractivity contribution in [2.75, 3.05) is 13.2 Å². The fourth-order valence-corrected chi connectivity index (χ4v) is 4.98. The van der Waals surface area contributed by atoms with Crippen LogP contribution in [0.1, 0.15) is 55.7 Å². The number of aliphatic hydroxyl groups is 1. The van der Waals surface area contributed by atoms with Gasteiger partial charge in [-0.05, 0) is 73.9 Å². The molecule has 198 valence electrons. The molecule has 1 N–H and O–H groups in total. The lowest BCUT2D eigenvalue weighted by atomic mass is 9.94. The summed E-state index contributed by atoms with van der Waals surface area (Å²) in [6.07, 6.45) is 3.08. The first-order valence-electron chi connectivity index (χ1n) is 12.9. The maximum absolute atomic E-state index is 13.4. The molecule has 0 aliphatic carbocycles. The molecule has 3 aromatic rings. The van der Waals surface area contributed by atoms with Crippen LogP contribution in [0.25, 0.3) is 5.76 Å². The van der Waals surface area contributed by atoms with Gasteiger partial charge < -0.3 is 28.6 Å². The number of nitrogens with zero attached hydrogens (tertiary/aromatic N) is 1. The summed E-state index contributed by atoms with van der Waals surface area (Å²) in [5.41, 5.74) is 2.02. The van der Waals surface area contributed by atoms with Crippen LogP contribution < -0.4 is 14.2 Å². The van der Waals surface area contributed by atoms with E-state index in [-0.39, 0.29) is 24.0 Å². The number of hydrogen-bond donors (Lipinski definition) is 1. The first kappa shape index (κ1) is 25.4. The Hall–Kier alpha value is -4.20. The lowest BCUT2D eigenvalue weighted by molar-refractivity contribution is -0.140. The summed E-state index contributed by atoms with van der Waals surface area (Å²) in [6.45, 7) is 6.86. The van der Waals surface area contributed by atoms with Crippen LogP contribution in [0, 0.1) is 0 Å². The molecule has 2 atom stereocenters. The average molecular weight is 518 g/mol. The van der Waals surface area contributed by atoms with E-state index in [9.17, 15) is 14.7 Å². The Morgan fingerprint density at radius 2 is 1.92 bits per heavy atom. The van der Waals surface area contributed by atoms with Crippen molar-refractivity contribution in [1.29, 1.82) is 0 Å². The predicted molar refractivity (Wildman–Crippen MR) is 140 cm³/mol. The Morgan fingerprint density at radius 3 is 2.66 bits per heavy atom. The molecule has 0 radical (unpaired) electrons. The number of ether oxygens (including phenoxy) is 3. The average Bonchev–Trinajstić information content (AvgIpc) is 3.62.